The van der Waals surface area contributed by atoms with E-state index in [0.29, 0.717) is 11.6 Å². The first kappa shape index (κ1) is 10.4. The molecule has 2 rings (SSSR count). The number of nitrogens with zero attached hydrogens (tertiary/aromatic N) is 1. The van der Waals surface area contributed by atoms with E-state index < -0.39 is 0 Å². The highest BCUT2D eigenvalue weighted by Crippen LogP contribution is 2.33. The minimum absolute atomic E-state index is 0.101. The predicted molar refractivity (Wildman–Crippen MR) is 58.4 cm³/mol. The smallest absolute Gasteiger partial charge is 0.123 e. The first-order valence-corrected chi connectivity index (χ1v) is 5.42. The van der Waals surface area contributed by atoms with Gasteiger partial charge in [0.2, 0.25) is 0 Å². The lowest BCUT2D eigenvalue weighted by atomic mass is 10.1. The molecule has 1 aliphatic rings. The first-order chi connectivity index (χ1) is 7.26. The monoisotopic (exact) mass is 209 g/mol. The molecule has 0 aromatic heterocycles. The standard InChI is InChI=1S/C12H16FNO/c1-2-14(11-4-5-11)12-6-3-10(13)7-9(12)8-15/h3,6-7,11,15H,2,4-5,8H2,1H3. The molecule has 1 N–H and O–H groups in total. The van der Waals surface area contributed by atoms with Crippen LogP contribution in [-0.2, 0) is 6.61 Å². The van der Waals surface area contributed by atoms with Gasteiger partial charge in [-0.05, 0) is 38.0 Å². The molecule has 1 saturated carbocycles. The van der Waals surface area contributed by atoms with Gasteiger partial charge in [0.15, 0.2) is 0 Å². The van der Waals surface area contributed by atoms with Crippen LogP contribution in [0.3, 0.4) is 0 Å². The van der Waals surface area contributed by atoms with Crippen LogP contribution in [0.2, 0.25) is 0 Å². The average molecular weight is 209 g/mol. The van der Waals surface area contributed by atoms with Crippen LogP contribution in [0.1, 0.15) is 25.3 Å². The highest BCUT2D eigenvalue weighted by molar-refractivity contribution is 5.55. The molecule has 1 aromatic rings. The number of hydrogen-bond donors (Lipinski definition) is 1. The Hall–Kier alpha value is -1.09. The molecule has 1 aliphatic carbocycles. The summed E-state index contributed by atoms with van der Waals surface area (Å²) in [5, 5.41) is 9.20. The van der Waals surface area contributed by atoms with E-state index in [1.54, 1.807) is 6.07 Å². The van der Waals surface area contributed by atoms with Crippen molar-refractivity contribution in [1.29, 1.82) is 0 Å². The number of rotatable bonds is 4. The third kappa shape index (κ3) is 2.12. The van der Waals surface area contributed by atoms with Crippen molar-refractivity contribution in [3.63, 3.8) is 0 Å². The zero-order valence-corrected chi connectivity index (χ0v) is 8.91. The molecule has 0 bridgehead atoms. The Morgan fingerprint density at radius 1 is 1.47 bits per heavy atom. The summed E-state index contributed by atoms with van der Waals surface area (Å²) >= 11 is 0. The second-order valence-electron chi connectivity index (χ2n) is 3.95. The third-order valence-electron chi connectivity index (χ3n) is 2.85. The van der Waals surface area contributed by atoms with Crippen LogP contribution in [-0.4, -0.2) is 17.7 Å². The quantitative estimate of drug-likeness (QED) is 0.822. The summed E-state index contributed by atoms with van der Waals surface area (Å²) in [6, 6.07) is 5.23. The molecule has 2 nitrogen and oxygen atoms in total. The number of aliphatic hydroxyl groups is 1. The highest BCUT2D eigenvalue weighted by atomic mass is 19.1. The lowest BCUT2D eigenvalue weighted by molar-refractivity contribution is 0.281. The topological polar surface area (TPSA) is 23.5 Å². The van der Waals surface area contributed by atoms with E-state index in [2.05, 4.69) is 11.8 Å². The van der Waals surface area contributed by atoms with Crippen LogP contribution in [0.25, 0.3) is 0 Å². The van der Waals surface area contributed by atoms with Crippen molar-refractivity contribution < 1.29 is 9.50 Å². The molecule has 0 atom stereocenters. The molecule has 0 heterocycles. The molecule has 0 radical (unpaired) electrons. The zero-order chi connectivity index (χ0) is 10.8. The van der Waals surface area contributed by atoms with Gasteiger partial charge in [0.1, 0.15) is 5.82 Å². The van der Waals surface area contributed by atoms with E-state index in [0.717, 1.165) is 12.2 Å². The molecule has 1 fully saturated rings. The molecule has 1 aromatic carbocycles. The van der Waals surface area contributed by atoms with E-state index >= 15 is 0 Å². The number of halogens is 1. The Labute approximate surface area is 89.3 Å². The van der Waals surface area contributed by atoms with Crippen LogP contribution < -0.4 is 4.90 Å². The molecule has 0 spiro atoms. The van der Waals surface area contributed by atoms with Crippen LogP contribution in [0, 0.1) is 5.82 Å². The minimum atomic E-state index is -0.283. The van der Waals surface area contributed by atoms with Crippen molar-refractivity contribution in [1.82, 2.24) is 0 Å². The lowest BCUT2D eigenvalue weighted by Gasteiger charge is -2.25. The molecular formula is C12H16FNO. The lowest BCUT2D eigenvalue weighted by Crippen LogP contribution is -2.26. The summed E-state index contributed by atoms with van der Waals surface area (Å²) in [7, 11) is 0. The fourth-order valence-electron chi connectivity index (χ4n) is 1.97. The van der Waals surface area contributed by atoms with E-state index in [1.807, 2.05) is 0 Å². The molecule has 0 unspecified atom stereocenters. The number of anilines is 1. The van der Waals surface area contributed by atoms with Gasteiger partial charge < -0.3 is 10.0 Å². The maximum Gasteiger partial charge on any atom is 0.123 e. The van der Waals surface area contributed by atoms with E-state index in [4.69, 9.17) is 0 Å². The molecule has 15 heavy (non-hydrogen) atoms. The van der Waals surface area contributed by atoms with Gasteiger partial charge in [-0.2, -0.15) is 0 Å². The Bertz CT molecular complexity index is 349. The number of aliphatic hydroxyl groups excluding tert-OH is 1. The number of benzene rings is 1. The molecular weight excluding hydrogens is 193 g/mol. The van der Waals surface area contributed by atoms with Crippen molar-refractivity contribution in [3.05, 3.63) is 29.6 Å². The molecule has 0 aliphatic heterocycles. The Kier molecular flexibility index (Phi) is 2.91. The van der Waals surface area contributed by atoms with Gasteiger partial charge in [-0.15, -0.1) is 0 Å². The maximum absolute atomic E-state index is 13.0. The normalized spacial score (nSPS) is 15.4. The predicted octanol–water partition coefficient (Wildman–Crippen LogP) is 2.31. The van der Waals surface area contributed by atoms with Crippen molar-refractivity contribution in [2.45, 2.75) is 32.4 Å². The number of hydrogen-bond acceptors (Lipinski definition) is 2. The van der Waals surface area contributed by atoms with Gasteiger partial charge in [0.05, 0.1) is 6.61 Å². The van der Waals surface area contributed by atoms with E-state index in [1.165, 1.54) is 25.0 Å². The molecule has 0 amide bonds. The second-order valence-corrected chi connectivity index (χ2v) is 3.95. The Morgan fingerprint density at radius 3 is 2.73 bits per heavy atom. The van der Waals surface area contributed by atoms with Gasteiger partial charge in [0, 0.05) is 23.8 Å². The van der Waals surface area contributed by atoms with Crippen molar-refractivity contribution >= 4 is 5.69 Å². The van der Waals surface area contributed by atoms with Gasteiger partial charge >= 0.3 is 0 Å². The average Bonchev–Trinajstić information content (AvgIpc) is 3.05. The summed E-state index contributed by atoms with van der Waals surface area (Å²) in [5.74, 6) is -0.283. The summed E-state index contributed by atoms with van der Waals surface area (Å²) in [6.45, 7) is 2.89. The second kappa shape index (κ2) is 4.19. The summed E-state index contributed by atoms with van der Waals surface area (Å²) in [6.07, 6.45) is 2.41. The Morgan fingerprint density at radius 2 is 2.20 bits per heavy atom. The fraction of sp³-hybridized carbons (Fsp3) is 0.500. The van der Waals surface area contributed by atoms with Gasteiger partial charge in [0.25, 0.3) is 0 Å². The van der Waals surface area contributed by atoms with Crippen LogP contribution in [0.15, 0.2) is 18.2 Å². The highest BCUT2D eigenvalue weighted by Gasteiger charge is 2.29. The van der Waals surface area contributed by atoms with Gasteiger partial charge in [-0.25, -0.2) is 4.39 Å². The van der Waals surface area contributed by atoms with Crippen LogP contribution >= 0.6 is 0 Å². The molecule has 0 saturated heterocycles. The largest absolute Gasteiger partial charge is 0.392 e. The fourth-order valence-corrected chi connectivity index (χ4v) is 1.97. The van der Waals surface area contributed by atoms with Crippen molar-refractivity contribution in [2.24, 2.45) is 0 Å². The van der Waals surface area contributed by atoms with Crippen LogP contribution in [0.5, 0.6) is 0 Å². The minimum Gasteiger partial charge on any atom is -0.392 e. The van der Waals surface area contributed by atoms with Crippen molar-refractivity contribution in [2.75, 3.05) is 11.4 Å². The van der Waals surface area contributed by atoms with Crippen LogP contribution in [0.4, 0.5) is 10.1 Å². The van der Waals surface area contributed by atoms with Crippen molar-refractivity contribution in [3.8, 4) is 0 Å². The first-order valence-electron chi connectivity index (χ1n) is 5.42. The summed E-state index contributed by atoms with van der Waals surface area (Å²) in [5.41, 5.74) is 1.66. The molecule has 82 valence electrons. The zero-order valence-electron chi connectivity index (χ0n) is 8.91. The molecule has 3 heteroatoms. The maximum atomic E-state index is 13.0. The Balaban J connectivity index is 2.32. The summed E-state index contributed by atoms with van der Waals surface area (Å²) in [4.78, 5) is 2.24. The third-order valence-corrected chi connectivity index (χ3v) is 2.85. The van der Waals surface area contributed by atoms with E-state index in [9.17, 15) is 9.50 Å². The van der Waals surface area contributed by atoms with Gasteiger partial charge in [-0.1, -0.05) is 0 Å². The summed E-state index contributed by atoms with van der Waals surface area (Å²) < 4.78 is 13.0. The van der Waals surface area contributed by atoms with Gasteiger partial charge in [-0.3, -0.25) is 0 Å². The SMILES string of the molecule is CCN(c1ccc(F)cc1CO)C1CC1. The van der Waals surface area contributed by atoms with E-state index in [-0.39, 0.29) is 12.4 Å².